The van der Waals surface area contributed by atoms with Crippen LogP contribution >= 0.6 is 0 Å². The van der Waals surface area contributed by atoms with Gasteiger partial charge in [0.15, 0.2) is 0 Å². The van der Waals surface area contributed by atoms with Crippen LogP contribution in [0.1, 0.15) is 77.2 Å². The van der Waals surface area contributed by atoms with E-state index in [2.05, 4.69) is 54.8 Å². The van der Waals surface area contributed by atoms with Crippen molar-refractivity contribution in [1.82, 2.24) is 4.90 Å². The minimum atomic E-state index is -0.546. The minimum absolute atomic E-state index is 0.287. The summed E-state index contributed by atoms with van der Waals surface area (Å²) in [6.45, 7) is 12.0. The van der Waals surface area contributed by atoms with Crippen molar-refractivity contribution in [3.05, 3.63) is 29.8 Å². The Morgan fingerprint density at radius 2 is 1.70 bits per heavy atom. The zero-order chi connectivity index (χ0) is 21.6. The number of piperazine rings is 1. The summed E-state index contributed by atoms with van der Waals surface area (Å²) in [5, 5.41) is 10.1. The second-order valence-corrected chi connectivity index (χ2v) is 10.0. The number of carboxylic acids is 1. The number of rotatable bonds is 12. The molecule has 1 heterocycles. The molecule has 4 nitrogen and oxygen atoms in total. The Morgan fingerprint density at radius 3 is 2.23 bits per heavy atom. The maximum atomic E-state index is 12.3. The van der Waals surface area contributed by atoms with Gasteiger partial charge in [-0.15, -0.1) is 0 Å². The van der Waals surface area contributed by atoms with Crippen molar-refractivity contribution >= 4 is 11.7 Å². The number of hydrogen-bond acceptors (Lipinski definition) is 3. The molecule has 1 aliphatic carbocycles. The number of nitrogens with zero attached hydrogens (tertiary/aromatic N) is 2. The Balaban J connectivity index is 1.51. The molecule has 168 valence electrons. The highest BCUT2D eigenvalue weighted by molar-refractivity contribution is 5.74. The molecular weight excluding hydrogens is 372 g/mol. The summed E-state index contributed by atoms with van der Waals surface area (Å²) in [4.78, 5) is 17.4. The van der Waals surface area contributed by atoms with E-state index in [1.165, 1.54) is 30.5 Å². The average molecular weight is 415 g/mol. The number of anilines is 1. The molecule has 3 rings (SSSR count). The highest BCUT2D eigenvalue weighted by Gasteiger charge is 2.51. The first-order valence-electron chi connectivity index (χ1n) is 12.2. The first-order chi connectivity index (χ1) is 14.4. The molecule has 0 spiro atoms. The Labute approximate surface area is 183 Å². The Kier molecular flexibility index (Phi) is 7.84. The third-order valence-electron chi connectivity index (χ3n) is 7.59. The molecule has 4 heteroatoms. The molecule has 2 fully saturated rings. The summed E-state index contributed by atoms with van der Waals surface area (Å²) in [5.74, 6) is -0.546. The maximum Gasteiger partial charge on any atom is 0.309 e. The molecule has 0 amide bonds. The SMILES string of the molecule is CCCCC(CCC)(CC1(CCN2CCN(c3ccc(C)cc3)CC2)CC1)C(=O)O. The lowest BCUT2D eigenvalue weighted by Crippen LogP contribution is -2.47. The van der Waals surface area contributed by atoms with Gasteiger partial charge < -0.3 is 10.0 Å². The van der Waals surface area contributed by atoms with Gasteiger partial charge in [0, 0.05) is 31.9 Å². The molecule has 1 aliphatic heterocycles. The lowest BCUT2D eigenvalue weighted by Gasteiger charge is -2.38. The molecule has 1 saturated heterocycles. The van der Waals surface area contributed by atoms with E-state index in [-0.39, 0.29) is 5.41 Å². The maximum absolute atomic E-state index is 12.3. The number of benzene rings is 1. The minimum Gasteiger partial charge on any atom is -0.481 e. The molecule has 2 aliphatic rings. The van der Waals surface area contributed by atoms with Gasteiger partial charge in [-0.25, -0.2) is 0 Å². The summed E-state index contributed by atoms with van der Waals surface area (Å²) >= 11 is 0. The van der Waals surface area contributed by atoms with E-state index in [0.29, 0.717) is 0 Å². The summed E-state index contributed by atoms with van der Waals surface area (Å²) in [6.07, 6.45) is 9.27. The average Bonchev–Trinajstić information content (AvgIpc) is 3.51. The van der Waals surface area contributed by atoms with E-state index in [4.69, 9.17) is 0 Å². The summed E-state index contributed by atoms with van der Waals surface area (Å²) in [6, 6.07) is 8.86. The standard InChI is InChI=1S/C26H42N2O2/c1-4-6-12-26(11-5-2,24(29)30)21-25(13-14-25)15-16-27-17-19-28(20-18-27)23-9-7-22(3)8-10-23/h7-10H,4-6,11-21H2,1-3H3,(H,29,30). The van der Waals surface area contributed by atoms with Crippen LogP contribution in [0.5, 0.6) is 0 Å². The molecule has 0 bridgehead atoms. The van der Waals surface area contributed by atoms with E-state index in [1.807, 2.05) is 0 Å². The largest absolute Gasteiger partial charge is 0.481 e. The zero-order valence-electron chi connectivity index (χ0n) is 19.5. The molecule has 0 radical (unpaired) electrons. The molecule has 1 aromatic rings. The molecule has 1 atom stereocenters. The number of hydrogen-bond donors (Lipinski definition) is 1. The van der Waals surface area contributed by atoms with Gasteiger partial charge in [-0.3, -0.25) is 9.69 Å². The fourth-order valence-corrected chi connectivity index (χ4v) is 5.38. The number of aryl methyl sites for hydroxylation is 1. The highest BCUT2D eigenvalue weighted by Crippen LogP contribution is 2.58. The van der Waals surface area contributed by atoms with Crippen molar-refractivity contribution in [1.29, 1.82) is 0 Å². The van der Waals surface area contributed by atoms with E-state index < -0.39 is 11.4 Å². The van der Waals surface area contributed by atoms with Crippen LogP contribution in [-0.2, 0) is 4.79 Å². The van der Waals surface area contributed by atoms with Gasteiger partial charge in [0.1, 0.15) is 0 Å². The Bertz CT molecular complexity index is 675. The van der Waals surface area contributed by atoms with Gasteiger partial charge in [0.2, 0.25) is 0 Å². The van der Waals surface area contributed by atoms with Gasteiger partial charge in [-0.2, -0.15) is 0 Å². The predicted molar refractivity (Wildman–Crippen MR) is 125 cm³/mol. The third-order valence-corrected chi connectivity index (χ3v) is 7.59. The monoisotopic (exact) mass is 414 g/mol. The van der Waals surface area contributed by atoms with Crippen molar-refractivity contribution in [3.63, 3.8) is 0 Å². The van der Waals surface area contributed by atoms with Crippen LogP contribution in [0.3, 0.4) is 0 Å². The van der Waals surface area contributed by atoms with Crippen LogP contribution in [0.25, 0.3) is 0 Å². The number of carboxylic acid groups (broad SMARTS) is 1. The van der Waals surface area contributed by atoms with Crippen molar-refractivity contribution in [2.24, 2.45) is 10.8 Å². The first kappa shape index (κ1) is 23.1. The Hall–Kier alpha value is -1.55. The normalized spacial score (nSPS) is 20.7. The van der Waals surface area contributed by atoms with Crippen molar-refractivity contribution < 1.29 is 9.90 Å². The molecular formula is C26H42N2O2. The molecule has 1 N–H and O–H groups in total. The highest BCUT2D eigenvalue weighted by atomic mass is 16.4. The third kappa shape index (κ3) is 5.78. The van der Waals surface area contributed by atoms with E-state index in [9.17, 15) is 9.90 Å². The van der Waals surface area contributed by atoms with Crippen LogP contribution in [0, 0.1) is 17.8 Å². The number of aliphatic carboxylic acids is 1. The number of unbranched alkanes of at least 4 members (excludes halogenated alkanes) is 1. The summed E-state index contributed by atoms with van der Waals surface area (Å²) < 4.78 is 0. The van der Waals surface area contributed by atoms with Gasteiger partial charge >= 0.3 is 5.97 Å². The van der Waals surface area contributed by atoms with Crippen molar-refractivity contribution in [3.8, 4) is 0 Å². The van der Waals surface area contributed by atoms with Crippen LogP contribution in [-0.4, -0.2) is 48.7 Å². The predicted octanol–water partition coefficient (Wildman–Crippen LogP) is 5.74. The lowest BCUT2D eigenvalue weighted by atomic mass is 9.70. The fourth-order valence-electron chi connectivity index (χ4n) is 5.38. The van der Waals surface area contributed by atoms with Crippen molar-refractivity contribution in [2.45, 2.75) is 78.6 Å². The molecule has 1 unspecified atom stereocenters. The smallest absolute Gasteiger partial charge is 0.309 e. The molecule has 0 aromatic heterocycles. The second kappa shape index (κ2) is 10.2. The molecule has 1 saturated carbocycles. The molecule has 1 aromatic carbocycles. The van der Waals surface area contributed by atoms with E-state index in [1.54, 1.807) is 0 Å². The molecule has 30 heavy (non-hydrogen) atoms. The second-order valence-electron chi connectivity index (χ2n) is 10.0. The van der Waals surface area contributed by atoms with Gasteiger partial charge in [-0.1, -0.05) is 50.8 Å². The number of carbonyl (C=O) groups is 1. The van der Waals surface area contributed by atoms with Gasteiger partial charge in [0.25, 0.3) is 0 Å². The summed E-state index contributed by atoms with van der Waals surface area (Å²) in [5.41, 5.74) is 2.44. The van der Waals surface area contributed by atoms with Crippen LogP contribution in [0.4, 0.5) is 5.69 Å². The van der Waals surface area contributed by atoms with Gasteiger partial charge in [-0.05, 0) is 69.5 Å². The Morgan fingerprint density at radius 1 is 1.03 bits per heavy atom. The quantitative estimate of drug-likeness (QED) is 0.474. The van der Waals surface area contributed by atoms with Crippen LogP contribution in [0.15, 0.2) is 24.3 Å². The van der Waals surface area contributed by atoms with E-state index >= 15 is 0 Å². The lowest BCUT2D eigenvalue weighted by molar-refractivity contribution is -0.151. The topological polar surface area (TPSA) is 43.8 Å². The fraction of sp³-hybridized carbons (Fsp3) is 0.731. The summed E-state index contributed by atoms with van der Waals surface area (Å²) in [7, 11) is 0. The van der Waals surface area contributed by atoms with Crippen molar-refractivity contribution in [2.75, 3.05) is 37.6 Å². The zero-order valence-corrected chi connectivity index (χ0v) is 19.5. The van der Waals surface area contributed by atoms with Crippen LogP contribution < -0.4 is 4.90 Å². The van der Waals surface area contributed by atoms with E-state index in [0.717, 1.165) is 71.2 Å². The van der Waals surface area contributed by atoms with Crippen LogP contribution in [0.2, 0.25) is 0 Å². The van der Waals surface area contributed by atoms with Gasteiger partial charge in [0.05, 0.1) is 5.41 Å². The first-order valence-corrected chi connectivity index (χ1v) is 12.2.